The van der Waals surface area contributed by atoms with Gasteiger partial charge in [-0.3, -0.25) is 4.79 Å². The first-order valence-electron chi connectivity index (χ1n) is 8.84. The molecule has 0 atom stereocenters. The van der Waals surface area contributed by atoms with E-state index in [9.17, 15) is 13.2 Å². The Labute approximate surface area is 155 Å². The van der Waals surface area contributed by atoms with Crippen LogP contribution in [0.15, 0.2) is 24.3 Å². The lowest BCUT2D eigenvalue weighted by molar-refractivity contribution is -0.126. The van der Waals surface area contributed by atoms with Crippen molar-refractivity contribution in [1.29, 1.82) is 0 Å². The smallest absolute Gasteiger partial charge is 0.223 e. The molecule has 1 aliphatic heterocycles. The standard InChI is InChI=1S/C18H28N2O5S/c1-24-13-14-26(22,23)20-11-8-16(9-12-20)18(21)19-10-7-15-5-3-4-6-17(15)25-2/h3-6,16H,7-14H2,1-2H3,(H,19,21). The highest BCUT2D eigenvalue weighted by molar-refractivity contribution is 7.89. The molecule has 1 aliphatic rings. The Kier molecular flexibility index (Phi) is 7.86. The number of piperidine rings is 1. The van der Waals surface area contributed by atoms with Gasteiger partial charge >= 0.3 is 0 Å². The van der Waals surface area contributed by atoms with Gasteiger partial charge < -0.3 is 14.8 Å². The normalized spacial score (nSPS) is 16.4. The van der Waals surface area contributed by atoms with Crippen LogP contribution < -0.4 is 10.1 Å². The summed E-state index contributed by atoms with van der Waals surface area (Å²) in [7, 11) is -0.178. The molecule has 7 nitrogen and oxygen atoms in total. The van der Waals surface area contributed by atoms with Crippen molar-refractivity contribution in [2.75, 3.05) is 46.2 Å². The predicted octanol–water partition coefficient (Wildman–Crippen LogP) is 1.04. The van der Waals surface area contributed by atoms with Crippen LogP contribution in [0.1, 0.15) is 18.4 Å². The number of amides is 1. The van der Waals surface area contributed by atoms with Crippen LogP contribution in [0, 0.1) is 5.92 Å². The number of para-hydroxylation sites is 1. The molecular formula is C18H28N2O5S. The van der Waals surface area contributed by atoms with Crippen molar-refractivity contribution in [2.24, 2.45) is 5.92 Å². The average Bonchev–Trinajstić information content (AvgIpc) is 2.66. The van der Waals surface area contributed by atoms with E-state index in [2.05, 4.69) is 5.32 Å². The van der Waals surface area contributed by atoms with Gasteiger partial charge in [-0.05, 0) is 30.9 Å². The maximum atomic E-state index is 12.3. The van der Waals surface area contributed by atoms with Crippen LogP contribution in [0.25, 0.3) is 0 Å². The van der Waals surface area contributed by atoms with Crippen LogP contribution in [0.5, 0.6) is 5.75 Å². The van der Waals surface area contributed by atoms with Crippen molar-refractivity contribution in [3.05, 3.63) is 29.8 Å². The number of ether oxygens (including phenoxy) is 2. The molecular weight excluding hydrogens is 356 g/mol. The van der Waals surface area contributed by atoms with E-state index in [0.717, 1.165) is 11.3 Å². The molecule has 1 amide bonds. The van der Waals surface area contributed by atoms with Gasteiger partial charge in [-0.25, -0.2) is 12.7 Å². The fraction of sp³-hybridized carbons (Fsp3) is 0.611. The summed E-state index contributed by atoms with van der Waals surface area (Å²) in [6, 6.07) is 7.74. The quantitative estimate of drug-likeness (QED) is 0.688. The molecule has 146 valence electrons. The van der Waals surface area contributed by atoms with Crippen LogP contribution >= 0.6 is 0 Å². The molecule has 1 fully saturated rings. The largest absolute Gasteiger partial charge is 0.496 e. The molecule has 2 rings (SSSR count). The van der Waals surface area contributed by atoms with E-state index in [-0.39, 0.29) is 24.2 Å². The lowest BCUT2D eigenvalue weighted by Crippen LogP contribution is -2.44. The van der Waals surface area contributed by atoms with Gasteiger partial charge in [-0.1, -0.05) is 18.2 Å². The molecule has 0 spiro atoms. The summed E-state index contributed by atoms with van der Waals surface area (Å²) in [5.74, 6) is 0.658. The van der Waals surface area contributed by atoms with Gasteiger partial charge in [0.05, 0.1) is 19.5 Å². The number of methoxy groups -OCH3 is 2. The van der Waals surface area contributed by atoms with E-state index < -0.39 is 10.0 Å². The molecule has 1 N–H and O–H groups in total. The molecule has 26 heavy (non-hydrogen) atoms. The zero-order valence-electron chi connectivity index (χ0n) is 15.4. The Morgan fingerprint density at radius 1 is 1.23 bits per heavy atom. The Bertz CT molecular complexity index is 685. The van der Waals surface area contributed by atoms with Crippen molar-refractivity contribution < 1.29 is 22.7 Å². The topological polar surface area (TPSA) is 84.9 Å². The average molecular weight is 384 g/mol. The second-order valence-electron chi connectivity index (χ2n) is 6.34. The van der Waals surface area contributed by atoms with Gasteiger partial charge in [-0.2, -0.15) is 0 Å². The molecule has 1 aromatic carbocycles. The van der Waals surface area contributed by atoms with Crippen LogP contribution in [-0.2, 0) is 26.0 Å². The summed E-state index contributed by atoms with van der Waals surface area (Å²) in [5.41, 5.74) is 1.05. The summed E-state index contributed by atoms with van der Waals surface area (Å²) in [4.78, 5) is 12.3. The number of nitrogens with one attached hydrogen (secondary N) is 1. The summed E-state index contributed by atoms with van der Waals surface area (Å²) in [6.45, 7) is 1.49. The van der Waals surface area contributed by atoms with Gasteiger partial charge in [0, 0.05) is 32.7 Å². The zero-order valence-corrected chi connectivity index (χ0v) is 16.3. The highest BCUT2D eigenvalue weighted by Gasteiger charge is 2.30. The van der Waals surface area contributed by atoms with E-state index in [4.69, 9.17) is 9.47 Å². The molecule has 0 aliphatic carbocycles. The minimum Gasteiger partial charge on any atom is -0.496 e. The second-order valence-corrected chi connectivity index (χ2v) is 8.42. The lowest BCUT2D eigenvalue weighted by Gasteiger charge is -2.30. The molecule has 0 saturated carbocycles. The van der Waals surface area contributed by atoms with Crippen molar-refractivity contribution in [1.82, 2.24) is 9.62 Å². The number of hydrogen-bond donors (Lipinski definition) is 1. The Balaban J connectivity index is 1.76. The highest BCUT2D eigenvalue weighted by Crippen LogP contribution is 2.21. The van der Waals surface area contributed by atoms with E-state index >= 15 is 0 Å². The van der Waals surface area contributed by atoms with Crippen molar-refractivity contribution in [2.45, 2.75) is 19.3 Å². The number of hydrogen-bond acceptors (Lipinski definition) is 5. The molecule has 0 radical (unpaired) electrons. The van der Waals surface area contributed by atoms with Gasteiger partial charge in [0.1, 0.15) is 5.75 Å². The van der Waals surface area contributed by atoms with Gasteiger partial charge in [0.15, 0.2) is 0 Å². The SMILES string of the molecule is COCCS(=O)(=O)N1CCC(C(=O)NCCc2ccccc2OC)CC1. The highest BCUT2D eigenvalue weighted by atomic mass is 32.2. The molecule has 1 saturated heterocycles. The molecule has 0 unspecified atom stereocenters. The molecule has 8 heteroatoms. The van der Waals surface area contributed by atoms with Gasteiger partial charge in [0.25, 0.3) is 0 Å². The summed E-state index contributed by atoms with van der Waals surface area (Å²) < 4.78 is 35.9. The van der Waals surface area contributed by atoms with Crippen molar-refractivity contribution in [3.63, 3.8) is 0 Å². The Morgan fingerprint density at radius 2 is 1.92 bits per heavy atom. The second kappa shape index (κ2) is 9.89. The van der Waals surface area contributed by atoms with Crippen LogP contribution in [0.3, 0.4) is 0 Å². The van der Waals surface area contributed by atoms with Gasteiger partial charge in [-0.15, -0.1) is 0 Å². The maximum Gasteiger partial charge on any atom is 0.223 e. The molecule has 0 aromatic heterocycles. The molecule has 1 heterocycles. The maximum absolute atomic E-state index is 12.3. The Hall–Kier alpha value is -1.64. The number of sulfonamides is 1. The number of carbonyl (C=O) groups is 1. The number of nitrogens with zero attached hydrogens (tertiary/aromatic N) is 1. The number of rotatable bonds is 9. The third-order valence-electron chi connectivity index (χ3n) is 4.65. The van der Waals surface area contributed by atoms with Crippen molar-refractivity contribution in [3.8, 4) is 5.75 Å². The van der Waals surface area contributed by atoms with E-state index in [1.807, 2.05) is 24.3 Å². The summed E-state index contributed by atoms with van der Waals surface area (Å²) in [6.07, 6.45) is 1.79. The first-order chi connectivity index (χ1) is 12.5. The van der Waals surface area contributed by atoms with Gasteiger partial charge in [0.2, 0.25) is 15.9 Å². The van der Waals surface area contributed by atoms with Crippen LogP contribution in [0.2, 0.25) is 0 Å². The molecule has 0 bridgehead atoms. The van der Waals surface area contributed by atoms with E-state index in [1.54, 1.807) is 7.11 Å². The zero-order chi connectivity index (χ0) is 19.0. The number of benzene rings is 1. The first-order valence-corrected chi connectivity index (χ1v) is 10.4. The minimum absolute atomic E-state index is 0.00571. The fourth-order valence-corrected chi connectivity index (χ4v) is 4.49. The first kappa shape index (κ1) is 20.7. The summed E-state index contributed by atoms with van der Waals surface area (Å²) in [5, 5.41) is 2.96. The predicted molar refractivity (Wildman–Crippen MR) is 99.7 cm³/mol. The third kappa shape index (κ3) is 5.69. The fourth-order valence-electron chi connectivity index (χ4n) is 3.09. The monoisotopic (exact) mass is 384 g/mol. The van der Waals surface area contributed by atoms with Crippen LogP contribution in [-0.4, -0.2) is 64.8 Å². The minimum atomic E-state index is -3.29. The lowest BCUT2D eigenvalue weighted by atomic mass is 9.97. The Morgan fingerprint density at radius 3 is 2.58 bits per heavy atom. The summed E-state index contributed by atoms with van der Waals surface area (Å²) >= 11 is 0. The third-order valence-corrected chi connectivity index (χ3v) is 6.48. The number of carbonyl (C=O) groups excluding carboxylic acids is 1. The van der Waals surface area contributed by atoms with Crippen LogP contribution in [0.4, 0.5) is 0 Å². The van der Waals surface area contributed by atoms with E-state index in [1.165, 1.54) is 11.4 Å². The van der Waals surface area contributed by atoms with E-state index in [0.29, 0.717) is 38.9 Å². The molecule has 1 aromatic rings. The van der Waals surface area contributed by atoms with Crippen molar-refractivity contribution >= 4 is 15.9 Å².